The minimum atomic E-state index is -0.574. The first-order valence-corrected chi connectivity index (χ1v) is 17.2. The Balaban J connectivity index is 1.32. The molecular weight excluding hydrogens is 639 g/mol. The zero-order chi connectivity index (χ0) is 33.7. The van der Waals surface area contributed by atoms with Crippen molar-refractivity contribution in [3.63, 3.8) is 0 Å². The molecule has 49 heavy (non-hydrogen) atoms. The highest BCUT2D eigenvalue weighted by atomic mass is 32.2. The van der Waals surface area contributed by atoms with Gasteiger partial charge in [0.25, 0.3) is 5.69 Å². The van der Waals surface area contributed by atoms with E-state index in [0.29, 0.717) is 26.4 Å². The van der Waals surface area contributed by atoms with Crippen LogP contribution in [0.5, 0.6) is 0 Å². The third-order valence-electron chi connectivity index (χ3n) is 8.14. The molecule has 0 aliphatic carbocycles. The molecule has 0 aromatic heterocycles. The number of non-ortho nitro benzene ring substituents is 1. The van der Waals surface area contributed by atoms with Crippen LogP contribution in [0.4, 0.5) is 5.69 Å². The fourth-order valence-corrected chi connectivity index (χ4v) is 6.75. The normalized spacial score (nSPS) is 20.5. The van der Waals surface area contributed by atoms with Crippen molar-refractivity contribution in [1.82, 2.24) is 0 Å². The maximum atomic E-state index is 11.4. The lowest BCUT2D eigenvalue weighted by Crippen LogP contribution is -2.60. The molecule has 6 rings (SSSR count). The van der Waals surface area contributed by atoms with Gasteiger partial charge in [0.1, 0.15) is 29.9 Å². The summed E-state index contributed by atoms with van der Waals surface area (Å²) < 4.78 is 33.4. The number of ether oxygens (including phenoxy) is 5. The monoisotopic (exact) mass is 677 g/mol. The van der Waals surface area contributed by atoms with Crippen molar-refractivity contribution < 1.29 is 28.6 Å². The summed E-state index contributed by atoms with van der Waals surface area (Å²) in [4.78, 5) is 11.8. The number of nitro groups is 1. The average Bonchev–Trinajstić information content (AvgIpc) is 3.15. The number of rotatable bonds is 16. The molecule has 252 valence electrons. The van der Waals surface area contributed by atoms with E-state index in [-0.39, 0.29) is 12.3 Å². The van der Waals surface area contributed by atoms with Crippen LogP contribution in [-0.4, -0.2) is 41.4 Å². The molecule has 1 saturated heterocycles. The van der Waals surface area contributed by atoms with Crippen molar-refractivity contribution in [2.75, 3.05) is 6.61 Å². The van der Waals surface area contributed by atoms with Crippen LogP contribution in [0, 0.1) is 10.1 Å². The topological polar surface area (TPSA) is 89.3 Å². The first-order valence-electron chi connectivity index (χ1n) is 16.3. The van der Waals surface area contributed by atoms with E-state index in [4.69, 9.17) is 23.7 Å². The lowest BCUT2D eigenvalue weighted by atomic mass is 9.98. The summed E-state index contributed by atoms with van der Waals surface area (Å²) in [6.45, 7) is 1.69. The Hall–Kier alpha value is -4.35. The van der Waals surface area contributed by atoms with Gasteiger partial charge in [-0.1, -0.05) is 133 Å². The van der Waals surface area contributed by atoms with E-state index in [9.17, 15) is 10.1 Å². The predicted octanol–water partition coefficient (Wildman–Crippen LogP) is 8.38. The molecule has 0 radical (unpaired) electrons. The Labute approximate surface area is 291 Å². The summed E-state index contributed by atoms with van der Waals surface area (Å²) in [5.74, 6) is 0. The molecule has 1 aliphatic rings. The van der Waals surface area contributed by atoms with Gasteiger partial charge in [-0.05, 0) is 34.4 Å². The van der Waals surface area contributed by atoms with Gasteiger partial charge in [-0.15, -0.1) is 0 Å². The summed E-state index contributed by atoms with van der Waals surface area (Å²) in [7, 11) is 0. The molecule has 8 nitrogen and oxygen atoms in total. The first kappa shape index (κ1) is 34.5. The van der Waals surface area contributed by atoms with E-state index in [1.807, 2.05) is 121 Å². The van der Waals surface area contributed by atoms with Crippen LogP contribution in [0.1, 0.15) is 22.3 Å². The van der Waals surface area contributed by atoms with Crippen LogP contribution in [0.3, 0.4) is 0 Å². The van der Waals surface area contributed by atoms with Crippen LogP contribution in [0.25, 0.3) is 0 Å². The molecule has 5 aromatic carbocycles. The number of hydrogen-bond donors (Lipinski definition) is 0. The predicted molar refractivity (Wildman–Crippen MR) is 189 cm³/mol. The van der Waals surface area contributed by atoms with Crippen LogP contribution in [0.15, 0.2) is 150 Å². The second-order valence-electron chi connectivity index (χ2n) is 11.7. The third-order valence-corrected chi connectivity index (χ3v) is 9.30. The van der Waals surface area contributed by atoms with Crippen molar-refractivity contribution in [2.24, 2.45) is 0 Å². The Morgan fingerprint density at radius 3 is 1.45 bits per heavy atom. The maximum Gasteiger partial charge on any atom is 0.269 e. The molecule has 1 fully saturated rings. The van der Waals surface area contributed by atoms with Gasteiger partial charge in [0.15, 0.2) is 0 Å². The fraction of sp³-hybridized carbons (Fsp3) is 0.250. The molecule has 0 N–H and O–H groups in total. The zero-order valence-electron chi connectivity index (χ0n) is 27.0. The molecule has 1 heterocycles. The van der Waals surface area contributed by atoms with Crippen LogP contribution < -0.4 is 0 Å². The molecule has 0 unspecified atom stereocenters. The highest BCUT2D eigenvalue weighted by Gasteiger charge is 2.49. The Kier molecular flexibility index (Phi) is 12.6. The van der Waals surface area contributed by atoms with Gasteiger partial charge in [0, 0.05) is 17.0 Å². The van der Waals surface area contributed by atoms with Crippen molar-refractivity contribution in [3.8, 4) is 0 Å². The Morgan fingerprint density at radius 1 is 0.551 bits per heavy atom. The Bertz CT molecular complexity index is 1700. The van der Waals surface area contributed by atoms with E-state index in [1.54, 1.807) is 12.1 Å². The second kappa shape index (κ2) is 17.9. The SMILES string of the molecule is O=[N+]([O-])c1ccc(S[C@@H]2O[C@H](COCc3ccccc3)[C@H](OCc3ccccc3)[C@H](OCc3ccccc3)[C@H]2OCc2ccccc2)cc1. The first-order chi connectivity index (χ1) is 24.1. The molecule has 5 aromatic rings. The van der Waals surface area contributed by atoms with Crippen molar-refractivity contribution in [2.45, 2.75) is 61.2 Å². The largest absolute Gasteiger partial charge is 0.374 e. The summed E-state index contributed by atoms with van der Waals surface area (Å²) in [5.41, 5.74) is 3.59. The fourth-order valence-electron chi connectivity index (χ4n) is 5.62. The minimum absolute atomic E-state index is 0.0245. The van der Waals surface area contributed by atoms with Crippen LogP contribution in [0.2, 0.25) is 0 Å². The molecule has 0 amide bonds. The minimum Gasteiger partial charge on any atom is -0.374 e. The average molecular weight is 678 g/mol. The molecule has 1 aliphatic heterocycles. The van der Waals surface area contributed by atoms with Crippen LogP contribution >= 0.6 is 11.8 Å². The molecule has 5 atom stereocenters. The Morgan fingerprint density at radius 2 is 0.980 bits per heavy atom. The highest BCUT2D eigenvalue weighted by molar-refractivity contribution is 7.99. The van der Waals surface area contributed by atoms with E-state index >= 15 is 0 Å². The number of hydrogen-bond acceptors (Lipinski definition) is 8. The van der Waals surface area contributed by atoms with Crippen molar-refractivity contribution in [3.05, 3.63) is 178 Å². The summed E-state index contributed by atoms with van der Waals surface area (Å²) in [6.07, 6.45) is -2.19. The van der Waals surface area contributed by atoms with E-state index in [2.05, 4.69) is 0 Å². The highest BCUT2D eigenvalue weighted by Crippen LogP contribution is 2.39. The van der Waals surface area contributed by atoms with Gasteiger partial charge in [-0.3, -0.25) is 10.1 Å². The lowest BCUT2D eigenvalue weighted by Gasteiger charge is -2.46. The molecular formula is C40H39NO7S. The van der Waals surface area contributed by atoms with Gasteiger partial charge in [-0.2, -0.15) is 0 Å². The van der Waals surface area contributed by atoms with Gasteiger partial charge >= 0.3 is 0 Å². The molecule has 0 saturated carbocycles. The number of benzene rings is 5. The smallest absolute Gasteiger partial charge is 0.269 e. The van der Waals surface area contributed by atoms with E-state index < -0.39 is 34.8 Å². The lowest BCUT2D eigenvalue weighted by molar-refractivity contribution is -0.384. The quantitative estimate of drug-likeness (QED) is 0.0760. The number of thioether (sulfide) groups is 1. The number of nitro benzene ring substituents is 1. The van der Waals surface area contributed by atoms with E-state index in [0.717, 1.165) is 27.1 Å². The molecule has 0 spiro atoms. The summed E-state index contributed by atoms with van der Waals surface area (Å²) >= 11 is 1.44. The van der Waals surface area contributed by atoms with Gasteiger partial charge < -0.3 is 23.7 Å². The second-order valence-corrected chi connectivity index (χ2v) is 12.9. The molecule has 0 bridgehead atoms. The van der Waals surface area contributed by atoms with E-state index in [1.165, 1.54) is 23.9 Å². The van der Waals surface area contributed by atoms with Crippen LogP contribution in [-0.2, 0) is 50.1 Å². The zero-order valence-corrected chi connectivity index (χ0v) is 27.8. The van der Waals surface area contributed by atoms with Gasteiger partial charge in [-0.25, -0.2) is 0 Å². The van der Waals surface area contributed by atoms with Gasteiger partial charge in [0.2, 0.25) is 0 Å². The maximum absolute atomic E-state index is 11.4. The molecule has 9 heteroatoms. The van der Waals surface area contributed by atoms with Crippen molar-refractivity contribution >= 4 is 17.4 Å². The standard InChI is InChI=1S/C40H39NO7S/c42-41(43)34-21-23-35(24-22-34)49-40-39(47-28-33-19-11-4-12-20-33)38(46-27-32-17-9-3-10-18-32)37(45-26-31-15-7-2-8-16-31)36(48-40)29-44-25-30-13-5-1-6-14-30/h1-24,36-40H,25-29H2/t36-,37+,38+,39-,40+/m1/s1. The number of nitrogens with zero attached hydrogens (tertiary/aromatic N) is 1. The summed E-state index contributed by atoms with van der Waals surface area (Å²) in [5, 5.41) is 11.4. The third kappa shape index (κ3) is 10.1. The van der Waals surface area contributed by atoms with Gasteiger partial charge in [0.05, 0.1) is 38.0 Å². The van der Waals surface area contributed by atoms with Crippen molar-refractivity contribution in [1.29, 1.82) is 0 Å². The summed E-state index contributed by atoms with van der Waals surface area (Å²) in [6, 6.07) is 46.5.